The first-order chi connectivity index (χ1) is 9.53. The fraction of sp³-hybridized carbons (Fsp3) is 0.0769. The fourth-order valence-corrected chi connectivity index (χ4v) is 3.48. The Balaban J connectivity index is 2.31. The van der Waals surface area contributed by atoms with E-state index in [1.54, 1.807) is 11.4 Å². The predicted octanol–water partition coefficient (Wildman–Crippen LogP) is 2.03. The first-order valence-corrected chi connectivity index (χ1v) is 7.85. The zero-order valence-electron chi connectivity index (χ0n) is 10.1. The number of thiophene rings is 1. The van der Waals surface area contributed by atoms with Crippen LogP contribution in [0.5, 0.6) is 0 Å². The minimum Gasteiger partial charge on any atom is -0.384 e. The van der Waals surface area contributed by atoms with E-state index in [1.165, 1.54) is 18.2 Å². The lowest BCUT2D eigenvalue weighted by Gasteiger charge is -2.07. The summed E-state index contributed by atoms with van der Waals surface area (Å²) in [5.41, 5.74) is 0.229. The molecule has 0 unspecified atom stereocenters. The van der Waals surface area contributed by atoms with Gasteiger partial charge in [0, 0.05) is 0 Å². The smallest absolute Gasteiger partial charge is 0.271 e. The van der Waals surface area contributed by atoms with Crippen molar-refractivity contribution in [2.45, 2.75) is 4.21 Å². The molecule has 1 aromatic heterocycles. The number of rotatable bonds is 3. The van der Waals surface area contributed by atoms with Crippen LogP contribution < -0.4 is 4.72 Å². The van der Waals surface area contributed by atoms with Crippen molar-refractivity contribution in [2.24, 2.45) is 0 Å². The molecule has 7 heteroatoms. The number of nitrogens with one attached hydrogen (secondary N) is 1. The van der Waals surface area contributed by atoms with Crippen LogP contribution in [0.4, 0.5) is 10.1 Å². The van der Waals surface area contributed by atoms with Gasteiger partial charge in [0.1, 0.15) is 16.6 Å². The summed E-state index contributed by atoms with van der Waals surface area (Å²) in [6, 6.07) is 6.81. The van der Waals surface area contributed by atoms with Gasteiger partial charge in [0.15, 0.2) is 0 Å². The van der Waals surface area contributed by atoms with Gasteiger partial charge in [-0.3, -0.25) is 4.72 Å². The number of sulfonamides is 1. The van der Waals surface area contributed by atoms with Crippen LogP contribution >= 0.6 is 11.3 Å². The van der Waals surface area contributed by atoms with Crippen molar-refractivity contribution >= 4 is 27.0 Å². The molecule has 0 saturated heterocycles. The molecule has 4 nitrogen and oxygen atoms in total. The Kier molecular flexibility index (Phi) is 4.39. The van der Waals surface area contributed by atoms with Crippen molar-refractivity contribution in [1.29, 1.82) is 0 Å². The van der Waals surface area contributed by atoms with Crippen LogP contribution in [0.3, 0.4) is 0 Å². The van der Waals surface area contributed by atoms with E-state index in [4.69, 9.17) is 5.11 Å². The van der Waals surface area contributed by atoms with Crippen LogP contribution in [-0.4, -0.2) is 20.1 Å². The molecule has 0 aliphatic heterocycles. The normalized spacial score (nSPS) is 10.7. The number of aliphatic hydroxyl groups is 1. The lowest BCUT2D eigenvalue weighted by molar-refractivity contribution is 0.350. The highest BCUT2D eigenvalue weighted by molar-refractivity contribution is 7.94. The zero-order chi connectivity index (χ0) is 14.6. The number of hydrogen-bond acceptors (Lipinski definition) is 4. The molecular formula is C13H10FNO3S2. The van der Waals surface area contributed by atoms with Crippen molar-refractivity contribution in [3.05, 3.63) is 47.1 Å². The van der Waals surface area contributed by atoms with Crippen molar-refractivity contribution in [3.63, 3.8) is 0 Å². The van der Waals surface area contributed by atoms with Gasteiger partial charge in [0.05, 0.1) is 11.3 Å². The average molecular weight is 311 g/mol. The molecule has 0 saturated carbocycles. The quantitative estimate of drug-likeness (QED) is 0.852. The van der Waals surface area contributed by atoms with Gasteiger partial charge in [-0.05, 0) is 29.6 Å². The van der Waals surface area contributed by atoms with Crippen LogP contribution in [0.2, 0.25) is 0 Å². The molecule has 2 aromatic rings. The van der Waals surface area contributed by atoms with Crippen molar-refractivity contribution in [2.75, 3.05) is 11.3 Å². The Morgan fingerprint density at radius 3 is 2.80 bits per heavy atom. The van der Waals surface area contributed by atoms with E-state index in [9.17, 15) is 12.8 Å². The van der Waals surface area contributed by atoms with E-state index in [0.29, 0.717) is 0 Å². The maximum atomic E-state index is 13.4. The van der Waals surface area contributed by atoms with Gasteiger partial charge in [-0.15, -0.1) is 11.3 Å². The highest BCUT2D eigenvalue weighted by Crippen LogP contribution is 2.21. The van der Waals surface area contributed by atoms with Crippen LogP contribution in [0.15, 0.2) is 39.9 Å². The second-order valence-corrected chi connectivity index (χ2v) is 6.55. The van der Waals surface area contributed by atoms with Crippen LogP contribution in [0.1, 0.15) is 5.56 Å². The van der Waals surface area contributed by atoms with Crippen molar-refractivity contribution in [1.82, 2.24) is 0 Å². The predicted molar refractivity (Wildman–Crippen MR) is 75.5 cm³/mol. The number of aliphatic hydroxyl groups excluding tert-OH is 1. The van der Waals surface area contributed by atoms with E-state index < -0.39 is 22.4 Å². The third-order valence-electron chi connectivity index (χ3n) is 2.28. The second kappa shape index (κ2) is 6.05. The first-order valence-electron chi connectivity index (χ1n) is 5.48. The molecule has 1 aromatic carbocycles. The number of halogens is 1. The van der Waals surface area contributed by atoms with Crippen molar-refractivity contribution in [3.8, 4) is 11.8 Å². The van der Waals surface area contributed by atoms with Crippen LogP contribution in [0, 0.1) is 17.7 Å². The zero-order valence-corrected chi connectivity index (χ0v) is 11.8. The molecule has 0 bridgehead atoms. The molecule has 0 aliphatic rings. The summed E-state index contributed by atoms with van der Waals surface area (Å²) in [6.45, 7) is -0.398. The Hall–Kier alpha value is -1.88. The van der Waals surface area contributed by atoms with E-state index >= 15 is 0 Å². The fourth-order valence-electron chi connectivity index (χ4n) is 1.44. The van der Waals surface area contributed by atoms with E-state index in [1.807, 2.05) is 0 Å². The van der Waals surface area contributed by atoms with Crippen LogP contribution in [0.25, 0.3) is 0 Å². The Morgan fingerprint density at radius 2 is 2.15 bits per heavy atom. The molecule has 2 N–H and O–H groups in total. The summed E-state index contributed by atoms with van der Waals surface area (Å²) in [7, 11) is -3.67. The van der Waals surface area contributed by atoms with Gasteiger partial charge in [0.25, 0.3) is 10.0 Å². The summed E-state index contributed by atoms with van der Waals surface area (Å²) in [4.78, 5) is 0. The van der Waals surface area contributed by atoms with Gasteiger partial charge < -0.3 is 5.11 Å². The minimum atomic E-state index is -3.67. The number of anilines is 1. The van der Waals surface area contributed by atoms with E-state index in [2.05, 4.69) is 16.6 Å². The SMILES string of the molecule is O=S(=O)(Nc1ccc(F)c(C#CCO)c1)c1cccs1. The maximum Gasteiger partial charge on any atom is 0.271 e. The Morgan fingerprint density at radius 1 is 1.35 bits per heavy atom. The molecule has 20 heavy (non-hydrogen) atoms. The summed E-state index contributed by atoms with van der Waals surface area (Å²) in [6.07, 6.45) is 0. The van der Waals surface area contributed by atoms with Crippen LogP contribution in [-0.2, 0) is 10.0 Å². The summed E-state index contributed by atoms with van der Waals surface area (Å²) < 4.78 is 40.0. The van der Waals surface area contributed by atoms with Gasteiger partial charge in [0.2, 0.25) is 0 Å². The lowest BCUT2D eigenvalue weighted by Crippen LogP contribution is -2.11. The summed E-state index contributed by atoms with van der Waals surface area (Å²) >= 11 is 1.08. The first kappa shape index (κ1) is 14.5. The Bertz CT molecular complexity index is 759. The summed E-state index contributed by atoms with van der Waals surface area (Å²) in [5, 5.41) is 10.2. The molecule has 0 amide bonds. The molecule has 0 spiro atoms. The van der Waals surface area contributed by atoms with Crippen molar-refractivity contribution < 1.29 is 17.9 Å². The standard InChI is InChI=1S/C13H10FNO3S2/c14-12-6-5-11(9-10(12)3-1-7-16)15-20(17,18)13-4-2-8-19-13/h2,4-6,8-9,15-16H,7H2. The molecule has 2 rings (SSSR count). The van der Waals surface area contributed by atoms with Gasteiger partial charge >= 0.3 is 0 Å². The third kappa shape index (κ3) is 3.36. The second-order valence-electron chi connectivity index (χ2n) is 3.69. The largest absolute Gasteiger partial charge is 0.384 e. The minimum absolute atomic E-state index is 0.0189. The highest BCUT2D eigenvalue weighted by Gasteiger charge is 2.15. The number of hydrogen-bond donors (Lipinski definition) is 2. The molecule has 0 fully saturated rings. The number of benzene rings is 1. The third-order valence-corrected chi connectivity index (χ3v) is 5.06. The molecule has 1 heterocycles. The average Bonchev–Trinajstić information content (AvgIpc) is 2.94. The van der Waals surface area contributed by atoms with Gasteiger partial charge in [-0.25, -0.2) is 12.8 Å². The molecule has 0 atom stereocenters. The topological polar surface area (TPSA) is 66.4 Å². The van der Waals surface area contributed by atoms with E-state index in [-0.39, 0.29) is 15.5 Å². The van der Waals surface area contributed by atoms with Gasteiger partial charge in [-0.1, -0.05) is 17.9 Å². The van der Waals surface area contributed by atoms with Gasteiger partial charge in [-0.2, -0.15) is 0 Å². The highest BCUT2D eigenvalue weighted by atomic mass is 32.2. The molecular weight excluding hydrogens is 301 g/mol. The lowest BCUT2D eigenvalue weighted by atomic mass is 10.2. The maximum absolute atomic E-state index is 13.4. The summed E-state index contributed by atoms with van der Waals surface area (Å²) in [5.74, 6) is 4.15. The Labute approximate surface area is 119 Å². The monoisotopic (exact) mass is 311 g/mol. The molecule has 104 valence electrons. The van der Waals surface area contributed by atoms with E-state index in [0.717, 1.165) is 17.4 Å². The molecule has 0 radical (unpaired) electrons. The molecule has 0 aliphatic carbocycles.